The smallest absolute Gasteiger partial charge is 0.244 e. The van der Waals surface area contributed by atoms with Crippen LogP contribution in [0.3, 0.4) is 0 Å². The molecule has 1 aliphatic rings. The van der Waals surface area contributed by atoms with Crippen LogP contribution in [0.25, 0.3) is 11.4 Å². The zero-order chi connectivity index (χ0) is 18.6. The minimum atomic E-state index is -0.128. The van der Waals surface area contributed by atoms with E-state index < -0.39 is 0 Å². The molecule has 1 heterocycles. The molecule has 0 unspecified atom stereocenters. The third kappa shape index (κ3) is 4.05. The molecule has 0 bridgehead atoms. The summed E-state index contributed by atoms with van der Waals surface area (Å²) in [4.78, 5) is 13.7. The second kappa shape index (κ2) is 7.70. The quantitative estimate of drug-likeness (QED) is 0.758. The van der Waals surface area contributed by atoms with E-state index in [4.69, 9.17) is 0 Å². The van der Waals surface area contributed by atoms with Crippen LogP contribution in [0.1, 0.15) is 42.5 Å². The number of aryl methyl sites for hydroxylation is 2. The summed E-state index contributed by atoms with van der Waals surface area (Å²) in [5, 5.41) is 15.3. The van der Waals surface area contributed by atoms with E-state index in [1.807, 2.05) is 37.3 Å². The van der Waals surface area contributed by atoms with Gasteiger partial charge >= 0.3 is 0 Å². The number of nitrogens with one attached hydrogen (secondary N) is 1. The van der Waals surface area contributed by atoms with E-state index in [1.54, 1.807) is 0 Å². The molecule has 1 aliphatic carbocycles. The Labute approximate surface area is 158 Å². The lowest BCUT2D eigenvalue weighted by molar-refractivity contribution is -0.122. The van der Waals surface area contributed by atoms with Gasteiger partial charge in [-0.2, -0.15) is 4.80 Å². The molecule has 27 heavy (non-hydrogen) atoms. The predicted octanol–water partition coefficient (Wildman–Crippen LogP) is 3.10. The van der Waals surface area contributed by atoms with E-state index in [0.717, 1.165) is 24.0 Å². The van der Waals surface area contributed by atoms with E-state index in [1.165, 1.54) is 28.8 Å². The Morgan fingerprint density at radius 3 is 2.70 bits per heavy atom. The van der Waals surface area contributed by atoms with Crippen molar-refractivity contribution >= 4 is 5.91 Å². The van der Waals surface area contributed by atoms with Crippen molar-refractivity contribution in [2.75, 3.05) is 0 Å². The van der Waals surface area contributed by atoms with Gasteiger partial charge in [0.15, 0.2) is 0 Å². The number of carbonyl (C=O) groups excluding carboxylic acids is 1. The third-order valence-electron chi connectivity index (χ3n) is 5.02. The zero-order valence-electron chi connectivity index (χ0n) is 15.4. The molecule has 2 aromatic carbocycles. The van der Waals surface area contributed by atoms with Crippen LogP contribution in [-0.4, -0.2) is 26.1 Å². The topological polar surface area (TPSA) is 72.7 Å². The maximum atomic E-state index is 12.4. The molecule has 3 aromatic rings. The van der Waals surface area contributed by atoms with Crippen molar-refractivity contribution in [2.45, 2.75) is 45.2 Å². The molecule has 0 saturated heterocycles. The molecule has 6 nitrogen and oxygen atoms in total. The molecule has 4 rings (SSSR count). The second-order valence-electron chi connectivity index (χ2n) is 7.03. The summed E-state index contributed by atoms with van der Waals surface area (Å²) in [5.74, 6) is 0.392. The highest BCUT2D eigenvalue weighted by molar-refractivity contribution is 5.76. The standard InChI is InChI=1S/C21H23N5O/c1-15(18-12-11-16-7-5-6-10-19(16)13-18)22-20(27)14-26-24-21(23-25-26)17-8-3-2-4-9-17/h2-4,8-9,11-13,15H,5-7,10,14H2,1H3,(H,22,27)/t15-/m1/s1. The van der Waals surface area contributed by atoms with Crippen molar-refractivity contribution in [1.29, 1.82) is 0 Å². The first kappa shape index (κ1) is 17.4. The Morgan fingerprint density at radius 2 is 1.89 bits per heavy atom. The summed E-state index contributed by atoms with van der Waals surface area (Å²) in [6.45, 7) is 2.06. The van der Waals surface area contributed by atoms with Gasteiger partial charge in [-0.25, -0.2) is 0 Å². The van der Waals surface area contributed by atoms with Crippen LogP contribution in [0.5, 0.6) is 0 Å². The Hall–Kier alpha value is -3.02. The van der Waals surface area contributed by atoms with Crippen LogP contribution >= 0.6 is 0 Å². The number of amides is 1. The maximum absolute atomic E-state index is 12.4. The minimum absolute atomic E-state index is 0.0507. The first-order valence-electron chi connectivity index (χ1n) is 9.43. The van der Waals surface area contributed by atoms with Gasteiger partial charge in [0.25, 0.3) is 0 Å². The molecule has 6 heteroatoms. The average Bonchev–Trinajstić information content (AvgIpc) is 3.16. The Morgan fingerprint density at radius 1 is 1.11 bits per heavy atom. The molecule has 0 fully saturated rings. The first-order chi connectivity index (χ1) is 13.2. The highest BCUT2D eigenvalue weighted by Crippen LogP contribution is 2.24. The fourth-order valence-corrected chi connectivity index (χ4v) is 3.53. The van der Waals surface area contributed by atoms with Crippen LogP contribution in [0.4, 0.5) is 0 Å². The summed E-state index contributed by atoms with van der Waals surface area (Å²) in [6.07, 6.45) is 4.82. The minimum Gasteiger partial charge on any atom is -0.348 e. The fourth-order valence-electron chi connectivity index (χ4n) is 3.53. The molecule has 138 valence electrons. The van der Waals surface area contributed by atoms with Crippen LogP contribution in [0.2, 0.25) is 0 Å². The molecular formula is C21H23N5O. The SMILES string of the molecule is C[C@@H](NC(=O)Cn1nnc(-c2ccccc2)n1)c1ccc2c(c1)CCCC2. The van der Waals surface area contributed by atoms with Crippen LogP contribution in [0.15, 0.2) is 48.5 Å². The number of hydrogen-bond donors (Lipinski definition) is 1. The summed E-state index contributed by atoms with van der Waals surface area (Å²) >= 11 is 0. The van der Waals surface area contributed by atoms with Gasteiger partial charge < -0.3 is 5.32 Å². The maximum Gasteiger partial charge on any atom is 0.244 e. The third-order valence-corrected chi connectivity index (χ3v) is 5.02. The van der Waals surface area contributed by atoms with E-state index >= 15 is 0 Å². The number of carbonyl (C=O) groups is 1. The Kier molecular flexibility index (Phi) is 4.96. The van der Waals surface area contributed by atoms with E-state index in [-0.39, 0.29) is 18.5 Å². The van der Waals surface area contributed by atoms with Gasteiger partial charge in [-0.15, -0.1) is 10.2 Å². The number of nitrogens with zero attached hydrogens (tertiary/aromatic N) is 4. The number of tetrazole rings is 1. The van der Waals surface area contributed by atoms with Crippen LogP contribution < -0.4 is 5.32 Å². The molecule has 1 amide bonds. The van der Waals surface area contributed by atoms with Crippen LogP contribution in [0, 0.1) is 0 Å². The van der Waals surface area contributed by atoms with Crippen molar-refractivity contribution in [3.8, 4) is 11.4 Å². The number of aromatic nitrogens is 4. The lowest BCUT2D eigenvalue weighted by Gasteiger charge is -2.20. The number of fused-ring (bicyclic) bond motifs is 1. The molecule has 0 aliphatic heterocycles. The predicted molar refractivity (Wildman–Crippen MR) is 103 cm³/mol. The number of benzene rings is 2. The molecule has 0 spiro atoms. The number of rotatable bonds is 5. The van der Waals surface area contributed by atoms with Gasteiger partial charge in [0.1, 0.15) is 6.54 Å². The van der Waals surface area contributed by atoms with E-state index in [0.29, 0.717) is 5.82 Å². The van der Waals surface area contributed by atoms with Crippen LogP contribution in [-0.2, 0) is 24.2 Å². The Bertz CT molecular complexity index is 935. The molecule has 0 radical (unpaired) electrons. The van der Waals surface area contributed by atoms with Crippen molar-refractivity contribution in [3.05, 3.63) is 65.2 Å². The normalized spacial score (nSPS) is 14.4. The van der Waals surface area contributed by atoms with Gasteiger partial charge in [-0.05, 0) is 54.5 Å². The van der Waals surface area contributed by atoms with E-state index in [2.05, 4.69) is 38.9 Å². The van der Waals surface area contributed by atoms with Gasteiger partial charge in [0, 0.05) is 5.56 Å². The molecule has 1 N–H and O–H groups in total. The Balaban J connectivity index is 1.39. The highest BCUT2D eigenvalue weighted by atomic mass is 16.2. The van der Waals surface area contributed by atoms with Gasteiger partial charge in [-0.3, -0.25) is 4.79 Å². The summed E-state index contributed by atoms with van der Waals surface area (Å²) in [5.41, 5.74) is 4.89. The highest BCUT2D eigenvalue weighted by Gasteiger charge is 2.15. The summed E-state index contributed by atoms with van der Waals surface area (Å²) < 4.78 is 0. The average molecular weight is 361 g/mol. The molecule has 1 atom stereocenters. The lowest BCUT2D eigenvalue weighted by Crippen LogP contribution is -2.31. The van der Waals surface area contributed by atoms with Gasteiger partial charge in [-0.1, -0.05) is 48.5 Å². The monoisotopic (exact) mass is 361 g/mol. The number of hydrogen-bond acceptors (Lipinski definition) is 4. The molecular weight excluding hydrogens is 338 g/mol. The van der Waals surface area contributed by atoms with E-state index in [9.17, 15) is 4.79 Å². The fraction of sp³-hybridized carbons (Fsp3) is 0.333. The molecule has 0 saturated carbocycles. The summed E-state index contributed by atoms with van der Waals surface area (Å²) in [7, 11) is 0. The van der Waals surface area contributed by atoms with Gasteiger partial charge in [0.05, 0.1) is 6.04 Å². The van der Waals surface area contributed by atoms with Gasteiger partial charge in [0.2, 0.25) is 11.7 Å². The summed E-state index contributed by atoms with van der Waals surface area (Å²) in [6, 6.07) is 16.1. The largest absolute Gasteiger partial charge is 0.348 e. The first-order valence-corrected chi connectivity index (χ1v) is 9.43. The second-order valence-corrected chi connectivity index (χ2v) is 7.03. The van der Waals surface area contributed by atoms with Crippen molar-refractivity contribution in [3.63, 3.8) is 0 Å². The lowest BCUT2D eigenvalue weighted by atomic mass is 9.89. The zero-order valence-corrected chi connectivity index (χ0v) is 15.4. The molecule has 1 aromatic heterocycles. The van der Waals surface area contributed by atoms with Crippen molar-refractivity contribution in [1.82, 2.24) is 25.5 Å². The van der Waals surface area contributed by atoms with Crippen molar-refractivity contribution in [2.24, 2.45) is 0 Å². The van der Waals surface area contributed by atoms with Crippen molar-refractivity contribution < 1.29 is 4.79 Å².